The molecule has 0 spiro atoms. The van der Waals surface area contributed by atoms with Gasteiger partial charge in [0.25, 0.3) is 0 Å². The van der Waals surface area contributed by atoms with Gasteiger partial charge in [-0.3, -0.25) is 9.69 Å². The third-order valence-electron chi connectivity index (χ3n) is 5.08. The molecule has 0 bridgehead atoms. The van der Waals surface area contributed by atoms with Crippen molar-refractivity contribution in [2.75, 3.05) is 32.7 Å². The maximum atomic E-state index is 12.9. The fourth-order valence-electron chi connectivity index (χ4n) is 3.03. The van der Waals surface area contributed by atoms with Gasteiger partial charge in [0.05, 0.1) is 11.4 Å². The average molecular weight is 396 g/mol. The summed E-state index contributed by atoms with van der Waals surface area (Å²) in [6.45, 7) is 12.6. The number of nitrogens with one attached hydrogen (secondary N) is 1. The van der Waals surface area contributed by atoms with Crippen LogP contribution in [0.15, 0.2) is 29.2 Å². The summed E-state index contributed by atoms with van der Waals surface area (Å²) < 4.78 is 27.3. The van der Waals surface area contributed by atoms with Gasteiger partial charge in [-0.1, -0.05) is 39.8 Å². The Kier molecular flexibility index (Phi) is 7.05. The van der Waals surface area contributed by atoms with Crippen LogP contribution in [-0.2, 0) is 20.2 Å². The standard InChI is InChI=1S/C20H33N3O3S/c1-6-16(2)21-19(24)15-22-11-13-23(14-12-22)27(25,26)18-9-7-17(8-10-18)20(3,4)5/h7-10,16H,6,11-15H2,1-5H3,(H,21,24). The summed E-state index contributed by atoms with van der Waals surface area (Å²) >= 11 is 0. The minimum atomic E-state index is -3.49. The summed E-state index contributed by atoms with van der Waals surface area (Å²) in [6.07, 6.45) is 0.895. The third kappa shape index (κ3) is 5.77. The van der Waals surface area contributed by atoms with Crippen molar-refractivity contribution < 1.29 is 13.2 Å². The Morgan fingerprint density at radius 3 is 2.15 bits per heavy atom. The van der Waals surface area contributed by atoms with Crippen molar-refractivity contribution in [3.8, 4) is 0 Å². The molecule has 1 amide bonds. The van der Waals surface area contributed by atoms with E-state index in [9.17, 15) is 13.2 Å². The third-order valence-corrected chi connectivity index (χ3v) is 6.99. The molecule has 1 saturated heterocycles. The number of rotatable bonds is 6. The number of carbonyl (C=O) groups is 1. The Bertz CT molecular complexity index is 731. The number of piperazine rings is 1. The fourth-order valence-corrected chi connectivity index (χ4v) is 4.45. The van der Waals surface area contributed by atoms with E-state index in [0.29, 0.717) is 37.6 Å². The lowest BCUT2D eigenvalue weighted by molar-refractivity contribution is -0.123. The molecule has 1 heterocycles. The van der Waals surface area contributed by atoms with Crippen LogP contribution in [0.25, 0.3) is 0 Å². The number of benzene rings is 1. The number of hydrogen-bond acceptors (Lipinski definition) is 4. The van der Waals surface area contributed by atoms with Gasteiger partial charge in [0.15, 0.2) is 0 Å². The molecule has 1 N–H and O–H groups in total. The number of carbonyl (C=O) groups excluding carboxylic acids is 1. The smallest absolute Gasteiger partial charge is 0.243 e. The Labute approximate surface area is 164 Å². The zero-order chi connectivity index (χ0) is 20.2. The summed E-state index contributed by atoms with van der Waals surface area (Å²) in [6, 6.07) is 7.34. The summed E-state index contributed by atoms with van der Waals surface area (Å²) in [4.78, 5) is 14.3. The van der Waals surface area contributed by atoms with Crippen LogP contribution in [0.4, 0.5) is 0 Å². The zero-order valence-corrected chi connectivity index (χ0v) is 18.0. The average Bonchev–Trinajstić information content (AvgIpc) is 2.61. The summed E-state index contributed by atoms with van der Waals surface area (Å²) in [5, 5.41) is 2.95. The van der Waals surface area contributed by atoms with Crippen LogP contribution in [-0.4, -0.2) is 62.3 Å². The first kappa shape index (κ1) is 21.9. The van der Waals surface area contributed by atoms with Crippen LogP contribution < -0.4 is 5.32 Å². The minimum absolute atomic E-state index is 0.00146. The zero-order valence-electron chi connectivity index (χ0n) is 17.2. The van der Waals surface area contributed by atoms with Gasteiger partial charge in [-0.2, -0.15) is 4.31 Å². The van der Waals surface area contributed by atoms with E-state index in [4.69, 9.17) is 0 Å². The predicted octanol–water partition coefficient (Wildman–Crippen LogP) is 2.21. The van der Waals surface area contributed by atoms with E-state index in [1.807, 2.05) is 30.9 Å². The molecule has 152 valence electrons. The summed E-state index contributed by atoms with van der Waals surface area (Å²) in [5.74, 6) is -0.00146. The maximum absolute atomic E-state index is 12.9. The monoisotopic (exact) mass is 395 g/mol. The van der Waals surface area contributed by atoms with E-state index in [1.54, 1.807) is 12.1 Å². The maximum Gasteiger partial charge on any atom is 0.243 e. The number of sulfonamides is 1. The van der Waals surface area contributed by atoms with Gasteiger partial charge in [-0.05, 0) is 36.5 Å². The molecule has 1 unspecified atom stereocenters. The summed E-state index contributed by atoms with van der Waals surface area (Å²) in [5.41, 5.74) is 1.10. The normalized spacial score (nSPS) is 18.3. The lowest BCUT2D eigenvalue weighted by Crippen LogP contribution is -2.51. The summed E-state index contributed by atoms with van der Waals surface area (Å²) in [7, 11) is -3.49. The van der Waals surface area contributed by atoms with E-state index >= 15 is 0 Å². The number of nitrogens with zero attached hydrogens (tertiary/aromatic N) is 2. The fraction of sp³-hybridized carbons (Fsp3) is 0.650. The molecule has 1 fully saturated rings. The molecule has 6 nitrogen and oxygen atoms in total. The molecule has 1 aliphatic heterocycles. The van der Waals surface area contributed by atoms with Gasteiger partial charge < -0.3 is 5.32 Å². The van der Waals surface area contributed by atoms with Crippen LogP contribution in [0.2, 0.25) is 0 Å². The quantitative estimate of drug-likeness (QED) is 0.802. The van der Waals surface area contributed by atoms with Crippen molar-refractivity contribution in [2.24, 2.45) is 0 Å². The molecular formula is C20H33N3O3S. The molecule has 0 radical (unpaired) electrons. The molecule has 27 heavy (non-hydrogen) atoms. The topological polar surface area (TPSA) is 69.7 Å². The van der Waals surface area contributed by atoms with Gasteiger partial charge in [0.1, 0.15) is 0 Å². The Balaban J connectivity index is 1.95. The van der Waals surface area contributed by atoms with Crippen molar-refractivity contribution in [1.82, 2.24) is 14.5 Å². The molecule has 0 aromatic heterocycles. The Morgan fingerprint density at radius 1 is 1.11 bits per heavy atom. The van der Waals surface area contributed by atoms with Crippen molar-refractivity contribution in [3.05, 3.63) is 29.8 Å². The lowest BCUT2D eigenvalue weighted by atomic mass is 9.87. The van der Waals surface area contributed by atoms with E-state index in [2.05, 4.69) is 26.1 Å². The molecule has 1 atom stereocenters. The molecule has 7 heteroatoms. The van der Waals surface area contributed by atoms with Gasteiger partial charge in [0, 0.05) is 32.2 Å². The molecule has 2 rings (SSSR count). The van der Waals surface area contributed by atoms with Crippen LogP contribution in [0.1, 0.15) is 46.6 Å². The number of hydrogen-bond donors (Lipinski definition) is 1. The molecule has 1 aliphatic rings. The molecule has 1 aromatic carbocycles. The second kappa shape index (κ2) is 8.71. The van der Waals surface area contributed by atoms with Crippen molar-refractivity contribution in [3.63, 3.8) is 0 Å². The van der Waals surface area contributed by atoms with Crippen LogP contribution >= 0.6 is 0 Å². The van der Waals surface area contributed by atoms with Crippen molar-refractivity contribution >= 4 is 15.9 Å². The van der Waals surface area contributed by atoms with Crippen LogP contribution in [0, 0.1) is 0 Å². The first-order valence-electron chi connectivity index (χ1n) is 9.66. The predicted molar refractivity (Wildman–Crippen MR) is 108 cm³/mol. The van der Waals surface area contributed by atoms with E-state index < -0.39 is 10.0 Å². The minimum Gasteiger partial charge on any atom is -0.353 e. The SMILES string of the molecule is CCC(C)NC(=O)CN1CCN(S(=O)(=O)c2ccc(C(C)(C)C)cc2)CC1. The van der Waals surface area contributed by atoms with Gasteiger partial charge in [0.2, 0.25) is 15.9 Å². The largest absolute Gasteiger partial charge is 0.353 e. The molecular weight excluding hydrogens is 362 g/mol. The highest BCUT2D eigenvalue weighted by molar-refractivity contribution is 7.89. The van der Waals surface area contributed by atoms with Gasteiger partial charge in [-0.25, -0.2) is 8.42 Å². The number of amides is 1. The van der Waals surface area contributed by atoms with Gasteiger partial charge >= 0.3 is 0 Å². The van der Waals surface area contributed by atoms with E-state index in [0.717, 1.165) is 12.0 Å². The Morgan fingerprint density at radius 2 is 1.67 bits per heavy atom. The van der Waals surface area contributed by atoms with Crippen molar-refractivity contribution in [1.29, 1.82) is 0 Å². The van der Waals surface area contributed by atoms with Crippen LogP contribution in [0.3, 0.4) is 0 Å². The highest BCUT2D eigenvalue weighted by Gasteiger charge is 2.29. The molecule has 0 saturated carbocycles. The van der Waals surface area contributed by atoms with E-state index in [1.165, 1.54) is 4.31 Å². The highest BCUT2D eigenvalue weighted by Crippen LogP contribution is 2.25. The first-order valence-corrected chi connectivity index (χ1v) is 11.1. The first-order chi connectivity index (χ1) is 12.5. The van der Waals surface area contributed by atoms with Crippen LogP contribution in [0.5, 0.6) is 0 Å². The second-order valence-corrected chi connectivity index (χ2v) is 10.3. The lowest BCUT2D eigenvalue weighted by Gasteiger charge is -2.33. The molecule has 1 aromatic rings. The molecule has 0 aliphatic carbocycles. The van der Waals surface area contributed by atoms with Crippen molar-refractivity contribution in [2.45, 2.75) is 57.4 Å². The van der Waals surface area contributed by atoms with Gasteiger partial charge in [-0.15, -0.1) is 0 Å². The highest BCUT2D eigenvalue weighted by atomic mass is 32.2. The Hall–Kier alpha value is -1.44. The van der Waals surface area contributed by atoms with E-state index in [-0.39, 0.29) is 17.4 Å². The second-order valence-electron chi connectivity index (χ2n) is 8.33.